The highest BCUT2D eigenvalue weighted by Crippen LogP contribution is 2.28. The Morgan fingerprint density at radius 1 is 0.328 bits per heavy atom. The SMILES string of the molecule is CC(C)(C)OC(=O)NC(=Nc1cc(Cl)cc(C(=O)NCC(=O)NC(CC(=O)O)c2ccccc2)c1)NC(=O)OC(C)(C)C.CCC(NC(=O)CNC(=O)c1cc(Cl)cc(N=C(NC(=O)OC(C)(C)C)NC(=O)OC(C)(C)C)c1)c1ccccc1.CCC(NC(=O)CNC(=O)c1cc(N)cc(Cl)c1)c1ccccc1.NC(N)=Nc1cc(Cl)cc(C(=O)NCC(=O)NC(CC(=O)O)c2ccccc2)c1. The molecule has 0 spiro atoms. The first kappa shape index (κ1) is 113. The number of aliphatic carboxylic acids is 2. The van der Waals surface area contributed by atoms with E-state index >= 15 is 0 Å². The number of carbonyl (C=O) groups is 14. The molecule has 0 aliphatic heterocycles. The van der Waals surface area contributed by atoms with Crippen molar-refractivity contribution in [2.45, 2.75) is 169 Å². The van der Waals surface area contributed by atoms with Crippen LogP contribution in [-0.2, 0) is 47.7 Å². The molecule has 20 N–H and O–H groups in total. The van der Waals surface area contributed by atoms with Gasteiger partial charge in [0, 0.05) is 48.0 Å². The first-order chi connectivity index (χ1) is 64.2. The normalized spacial score (nSPS) is 11.7. The summed E-state index contributed by atoms with van der Waals surface area (Å²) >= 11 is 24.3. The summed E-state index contributed by atoms with van der Waals surface area (Å²) in [5, 5.41) is 49.6. The molecule has 732 valence electrons. The van der Waals surface area contributed by atoms with Gasteiger partial charge in [0.15, 0.2) is 5.96 Å². The molecule has 0 saturated carbocycles. The van der Waals surface area contributed by atoms with Crippen molar-refractivity contribution in [3.05, 3.63) is 259 Å². The number of nitrogens with zero attached hydrogens (tertiary/aromatic N) is 3. The second-order valence-corrected chi connectivity index (χ2v) is 35.4. The number of rotatable bonds is 29. The lowest BCUT2D eigenvalue weighted by Crippen LogP contribution is -2.47. The van der Waals surface area contributed by atoms with Gasteiger partial charge in [-0.25, -0.2) is 34.2 Å². The molecule has 12 amide bonds. The summed E-state index contributed by atoms with van der Waals surface area (Å²) in [6.45, 7) is 22.7. The van der Waals surface area contributed by atoms with E-state index in [-0.39, 0.29) is 123 Å². The number of nitrogens with one attached hydrogen (secondary N) is 12. The van der Waals surface area contributed by atoms with Gasteiger partial charge in [0.25, 0.3) is 23.6 Å². The number of alkyl carbamates (subject to hydrolysis) is 4. The molecule has 0 fully saturated rings. The summed E-state index contributed by atoms with van der Waals surface area (Å²) in [5.74, 6) is -7.03. The van der Waals surface area contributed by atoms with Gasteiger partial charge in [-0.05, 0) is 191 Å². The number of halogens is 4. The number of amides is 12. The van der Waals surface area contributed by atoms with Gasteiger partial charge in [-0.2, -0.15) is 0 Å². The summed E-state index contributed by atoms with van der Waals surface area (Å²) in [6, 6.07) is 51.7. The first-order valence-electron chi connectivity index (χ1n) is 42.4. The molecule has 8 aromatic rings. The molecule has 8 aromatic carbocycles. The number of anilines is 1. The number of hydrogen-bond acceptors (Lipinski definition) is 22. The number of guanidine groups is 3. The van der Waals surface area contributed by atoms with Crippen molar-refractivity contribution in [2.24, 2.45) is 26.4 Å². The van der Waals surface area contributed by atoms with E-state index < -0.39 is 113 Å². The lowest BCUT2D eigenvalue weighted by atomic mass is 10.0. The molecule has 137 heavy (non-hydrogen) atoms. The molecule has 0 radical (unpaired) electrons. The van der Waals surface area contributed by atoms with Gasteiger partial charge in [0.05, 0.1) is 80.3 Å². The van der Waals surface area contributed by atoms with E-state index in [2.05, 4.69) is 78.8 Å². The molecule has 0 saturated heterocycles. The van der Waals surface area contributed by atoms with Gasteiger partial charge in [-0.1, -0.05) is 182 Å². The average Bonchev–Trinajstić information content (AvgIpc) is 0.846. The first-order valence-corrected chi connectivity index (χ1v) is 43.9. The minimum Gasteiger partial charge on any atom is -0.481 e. The van der Waals surface area contributed by atoms with Crippen molar-refractivity contribution in [1.82, 2.24) is 63.8 Å². The van der Waals surface area contributed by atoms with Crippen LogP contribution in [0.4, 0.5) is 41.9 Å². The Hall–Kier alpha value is -14.9. The molecule has 4 unspecified atom stereocenters. The zero-order chi connectivity index (χ0) is 102. The van der Waals surface area contributed by atoms with Crippen LogP contribution in [-0.4, -0.2) is 160 Å². The number of carboxylic acid groups (broad SMARTS) is 2. The second kappa shape index (κ2) is 54.5. The maximum Gasteiger partial charge on any atom is 0.414 e. The van der Waals surface area contributed by atoms with Gasteiger partial charge < -0.3 is 88.9 Å². The van der Waals surface area contributed by atoms with Crippen LogP contribution < -0.4 is 81.0 Å². The Morgan fingerprint density at radius 2 is 0.555 bits per heavy atom. The highest BCUT2D eigenvalue weighted by Gasteiger charge is 2.28. The molecule has 42 heteroatoms. The third-order valence-electron chi connectivity index (χ3n) is 17.2. The lowest BCUT2D eigenvalue weighted by molar-refractivity contribution is -0.139. The Balaban J connectivity index is 0.000000330. The number of benzene rings is 8. The molecular formula is C95H114Cl4N18O20. The molecule has 8 rings (SSSR count). The van der Waals surface area contributed by atoms with Gasteiger partial charge >= 0.3 is 36.3 Å². The van der Waals surface area contributed by atoms with Crippen molar-refractivity contribution in [3.8, 4) is 0 Å². The van der Waals surface area contributed by atoms with E-state index in [1.165, 1.54) is 66.7 Å². The number of carbonyl (C=O) groups excluding carboxylic acids is 12. The monoisotopic (exact) mass is 1970 g/mol. The largest absolute Gasteiger partial charge is 0.481 e. The summed E-state index contributed by atoms with van der Waals surface area (Å²) in [7, 11) is 0. The fraction of sp³-hybridized carbons (Fsp3) is 0.316. The number of nitrogens with two attached hydrogens (primary N) is 3. The Labute approximate surface area is 812 Å². The fourth-order valence-corrected chi connectivity index (χ4v) is 12.6. The minimum atomic E-state index is -1.10. The Morgan fingerprint density at radius 3 is 0.781 bits per heavy atom. The predicted molar refractivity (Wildman–Crippen MR) is 521 cm³/mol. The maximum atomic E-state index is 12.9. The van der Waals surface area contributed by atoms with Gasteiger partial charge in [-0.15, -0.1) is 0 Å². The number of aliphatic imine (C=N–C) groups is 3. The van der Waals surface area contributed by atoms with Gasteiger partial charge in [-0.3, -0.25) is 69.2 Å². The highest BCUT2D eigenvalue weighted by atomic mass is 35.5. The third-order valence-corrected chi connectivity index (χ3v) is 18.1. The molecule has 0 bridgehead atoms. The zero-order valence-corrected chi connectivity index (χ0v) is 80.8. The summed E-state index contributed by atoms with van der Waals surface area (Å²) in [5.41, 5.74) is 17.7. The van der Waals surface area contributed by atoms with E-state index in [0.717, 1.165) is 17.5 Å². The minimum absolute atomic E-state index is 0.0121. The molecule has 38 nitrogen and oxygen atoms in total. The number of nitrogen functional groups attached to an aromatic ring is 1. The Bertz CT molecular complexity index is 5550. The van der Waals surface area contributed by atoms with Crippen molar-refractivity contribution in [3.63, 3.8) is 0 Å². The second-order valence-electron chi connectivity index (χ2n) is 33.7. The Kier molecular flexibility index (Phi) is 44.8. The van der Waals surface area contributed by atoms with Crippen LogP contribution in [0.3, 0.4) is 0 Å². The summed E-state index contributed by atoms with van der Waals surface area (Å²) < 4.78 is 20.9. The van der Waals surface area contributed by atoms with Crippen LogP contribution in [0.15, 0.2) is 209 Å². The van der Waals surface area contributed by atoms with Crippen LogP contribution in [0.1, 0.15) is 210 Å². The molecular weight excluding hydrogens is 1850 g/mol. The number of hydrogen-bond donors (Lipinski definition) is 17. The topological polar surface area (TPSA) is 576 Å². The average molecular weight is 1970 g/mol. The quantitative estimate of drug-likeness (QED) is 0.00896. The van der Waals surface area contributed by atoms with E-state index in [1.807, 2.05) is 74.5 Å². The van der Waals surface area contributed by atoms with E-state index in [9.17, 15) is 72.2 Å². The van der Waals surface area contributed by atoms with E-state index in [0.29, 0.717) is 33.8 Å². The van der Waals surface area contributed by atoms with Crippen LogP contribution in [0.5, 0.6) is 0 Å². The van der Waals surface area contributed by atoms with Crippen LogP contribution in [0.25, 0.3) is 0 Å². The summed E-state index contributed by atoms with van der Waals surface area (Å²) in [6.07, 6.45) is -2.78. The van der Waals surface area contributed by atoms with Crippen LogP contribution >= 0.6 is 46.4 Å². The fourth-order valence-electron chi connectivity index (χ4n) is 11.7. The van der Waals surface area contributed by atoms with Crippen LogP contribution in [0.2, 0.25) is 20.1 Å². The third kappa shape index (κ3) is 46.1. The highest BCUT2D eigenvalue weighted by molar-refractivity contribution is 6.32. The van der Waals surface area contributed by atoms with Crippen molar-refractivity contribution < 1.29 is 96.3 Å². The van der Waals surface area contributed by atoms with Crippen molar-refractivity contribution in [2.75, 3.05) is 31.9 Å². The van der Waals surface area contributed by atoms with Crippen LogP contribution in [0, 0.1) is 0 Å². The van der Waals surface area contributed by atoms with E-state index in [4.69, 9.17) is 87.7 Å². The molecule has 0 aromatic heterocycles. The molecule has 4 atom stereocenters. The molecule has 0 aliphatic rings. The molecule has 0 heterocycles. The van der Waals surface area contributed by atoms with Gasteiger partial charge in [0.2, 0.25) is 35.5 Å². The maximum absolute atomic E-state index is 12.9. The zero-order valence-electron chi connectivity index (χ0n) is 77.8. The molecule has 0 aliphatic carbocycles. The summed E-state index contributed by atoms with van der Waals surface area (Å²) in [4.78, 5) is 184. The van der Waals surface area contributed by atoms with E-state index in [1.54, 1.807) is 150 Å². The lowest BCUT2D eigenvalue weighted by Gasteiger charge is -2.22. The van der Waals surface area contributed by atoms with Crippen molar-refractivity contribution in [1.29, 1.82) is 0 Å². The number of ether oxygens (including phenoxy) is 4. The van der Waals surface area contributed by atoms with Gasteiger partial charge in [0.1, 0.15) is 22.4 Å². The number of carboxylic acids is 2. The van der Waals surface area contributed by atoms with Crippen molar-refractivity contribution >= 4 is 171 Å². The predicted octanol–water partition coefficient (Wildman–Crippen LogP) is 14.0. The standard InChI is InChI=1S/C29H36ClN5O8.C29H38ClN5O6.C19H20ClN5O4.C18H20ClN3O2/c1-28(2,3)42-26(40)34-25(35-27(41)43-29(4,5)6)32-20-13-18(12-19(30)14-20)24(39)31-16-22(36)33-21(15-23(37)38)17-10-8-7-9-11-17;1-8-22(18-12-10-9-11-13-18)33-23(36)17-31-24(37)19-14-20(30)16-21(15-19)32-25(34-26(38)40-28(2,3)4)35-27(39)41-29(5,6)7;20-13-6-12(7-14(8-13)24-19(21)22)18(29)23-10-16(26)25-15(9-17(27)28)11-4-2-1-3-5-11;1-2-16(12-6-4-3-5-7-12)22-17(23)11-21-18(24)13-8-14(19)10-15(20)9-13/h7-14,21H,15-16H2,1-6H3,(H,31,39)(H,33,36)(H,37,38)(H2,32,34,35,40,41);9-16,22H,8,17H2,1-7H3,(H,31,37)(H,33,36)(H2,32,34,35,38,39);1-8,15H,9-10H2,(H,23,29)(H,25,26)(H,27,28)(H4,21,22,24);3-10,16H,2,11,20H2,1H3,(H,21,24)(H,22,23). The smallest absolute Gasteiger partial charge is 0.414 e.